The topological polar surface area (TPSA) is 104 Å². The van der Waals surface area contributed by atoms with Crippen molar-refractivity contribution in [2.24, 2.45) is 30.7 Å². The fourth-order valence-electron chi connectivity index (χ4n) is 5.70. The molecular formula is C28H30N8O. The molecule has 4 aromatic rings. The summed E-state index contributed by atoms with van der Waals surface area (Å²) in [6, 6.07) is 8.48. The highest BCUT2D eigenvalue weighted by molar-refractivity contribution is 5.87. The maximum absolute atomic E-state index is 12.0. The van der Waals surface area contributed by atoms with Crippen molar-refractivity contribution in [2.45, 2.75) is 20.3 Å². The molecule has 37 heavy (non-hydrogen) atoms. The highest BCUT2D eigenvalue weighted by Crippen LogP contribution is 2.52. The number of nitriles is 1. The van der Waals surface area contributed by atoms with E-state index in [2.05, 4.69) is 58.5 Å². The predicted octanol–water partition coefficient (Wildman–Crippen LogP) is 3.51. The van der Waals surface area contributed by atoms with Crippen molar-refractivity contribution in [3.63, 3.8) is 0 Å². The standard InChI is InChI=1S/C28H30N8O/c1-17(2)6-27(37)31-12-23-24-15-35(16-25(23)24)26-5-4-18(9-30-26)22-7-19(21-11-32-34(3)13-21)14-36-28(22)20(8-29)10-33-36/h4-5,7,9-11,13-14,17,23-25H,6,12,15-16H2,1-3H3,(H,31,37). The average molecular weight is 495 g/mol. The summed E-state index contributed by atoms with van der Waals surface area (Å²) in [6.45, 7) is 6.88. The quantitative estimate of drug-likeness (QED) is 0.422. The van der Waals surface area contributed by atoms with Gasteiger partial charge in [-0.15, -0.1) is 0 Å². The monoisotopic (exact) mass is 494 g/mol. The first-order chi connectivity index (χ1) is 17.9. The van der Waals surface area contributed by atoms with E-state index in [9.17, 15) is 10.1 Å². The molecule has 1 amide bonds. The Morgan fingerprint density at radius 3 is 2.57 bits per heavy atom. The number of fused-ring (bicyclic) bond motifs is 2. The second-order valence-electron chi connectivity index (χ2n) is 10.7. The van der Waals surface area contributed by atoms with E-state index in [1.54, 1.807) is 15.4 Å². The molecular weight excluding hydrogens is 464 g/mol. The summed E-state index contributed by atoms with van der Waals surface area (Å²) in [5.74, 6) is 3.35. The number of hydrogen-bond donors (Lipinski definition) is 1. The van der Waals surface area contributed by atoms with E-state index in [0.717, 1.165) is 53.2 Å². The second-order valence-corrected chi connectivity index (χ2v) is 10.7. The molecule has 2 fully saturated rings. The van der Waals surface area contributed by atoms with Crippen LogP contribution in [0.15, 0.2) is 49.2 Å². The van der Waals surface area contributed by atoms with E-state index >= 15 is 0 Å². The minimum absolute atomic E-state index is 0.161. The molecule has 1 N–H and O–H groups in total. The molecule has 2 aliphatic rings. The van der Waals surface area contributed by atoms with Crippen LogP contribution in [0.5, 0.6) is 0 Å². The maximum atomic E-state index is 12.0. The number of aromatic nitrogens is 5. The summed E-state index contributed by atoms with van der Waals surface area (Å²) < 4.78 is 3.53. The molecule has 6 rings (SSSR count). The Morgan fingerprint density at radius 1 is 1.11 bits per heavy atom. The van der Waals surface area contributed by atoms with E-state index in [4.69, 9.17) is 4.98 Å². The minimum Gasteiger partial charge on any atom is -0.356 e. The molecule has 0 spiro atoms. The van der Waals surface area contributed by atoms with Crippen LogP contribution in [0.3, 0.4) is 0 Å². The largest absolute Gasteiger partial charge is 0.356 e. The first-order valence-corrected chi connectivity index (χ1v) is 12.8. The first kappa shape index (κ1) is 23.2. The summed E-state index contributed by atoms with van der Waals surface area (Å²) in [4.78, 5) is 19.1. The summed E-state index contributed by atoms with van der Waals surface area (Å²) in [6.07, 6.45) is 9.80. The lowest BCUT2D eigenvalue weighted by molar-refractivity contribution is -0.121. The van der Waals surface area contributed by atoms with Crippen LogP contribution in [0.1, 0.15) is 25.8 Å². The van der Waals surface area contributed by atoms with Gasteiger partial charge in [0, 0.05) is 73.9 Å². The van der Waals surface area contributed by atoms with Gasteiger partial charge in [0.05, 0.1) is 23.5 Å². The molecule has 188 valence electrons. The normalized spacial score (nSPS) is 20.3. The fourth-order valence-corrected chi connectivity index (χ4v) is 5.70. The van der Waals surface area contributed by atoms with Crippen molar-refractivity contribution in [3.05, 3.63) is 54.7 Å². The van der Waals surface area contributed by atoms with Gasteiger partial charge >= 0.3 is 0 Å². The van der Waals surface area contributed by atoms with E-state index in [-0.39, 0.29) is 5.91 Å². The number of nitrogens with zero attached hydrogens (tertiary/aromatic N) is 7. The number of nitrogens with one attached hydrogen (secondary N) is 1. The third-order valence-corrected chi connectivity index (χ3v) is 7.65. The van der Waals surface area contributed by atoms with Gasteiger partial charge in [-0.2, -0.15) is 15.5 Å². The van der Waals surface area contributed by atoms with Gasteiger partial charge in [-0.05, 0) is 41.9 Å². The van der Waals surface area contributed by atoms with E-state index < -0.39 is 0 Å². The molecule has 2 unspecified atom stereocenters. The number of anilines is 1. The summed E-state index contributed by atoms with van der Waals surface area (Å²) in [5.41, 5.74) is 5.11. The average Bonchev–Trinajstić information content (AvgIpc) is 3.32. The summed E-state index contributed by atoms with van der Waals surface area (Å²) >= 11 is 0. The van der Waals surface area contributed by atoms with Gasteiger partial charge in [0.2, 0.25) is 5.91 Å². The lowest BCUT2D eigenvalue weighted by atomic mass is 10.0. The zero-order valence-electron chi connectivity index (χ0n) is 21.3. The summed E-state index contributed by atoms with van der Waals surface area (Å²) in [5, 5.41) is 21.5. The van der Waals surface area contributed by atoms with Crippen LogP contribution in [0.25, 0.3) is 27.8 Å². The Balaban J connectivity index is 1.19. The van der Waals surface area contributed by atoms with Crippen LogP contribution in [-0.2, 0) is 11.8 Å². The van der Waals surface area contributed by atoms with Gasteiger partial charge in [-0.3, -0.25) is 9.48 Å². The van der Waals surface area contributed by atoms with Crippen molar-refractivity contribution >= 4 is 17.2 Å². The zero-order valence-corrected chi connectivity index (χ0v) is 21.3. The van der Waals surface area contributed by atoms with Gasteiger partial charge in [0.25, 0.3) is 0 Å². The SMILES string of the molecule is CC(C)CC(=O)NCC1C2CN(c3ccc(-c4cc(-c5cnn(C)c5)cn5ncc(C#N)c45)cn3)CC12. The summed E-state index contributed by atoms with van der Waals surface area (Å²) in [7, 11) is 1.89. The number of rotatable bonds is 7. The Kier molecular flexibility index (Phi) is 5.67. The van der Waals surface area contributed by atoms with Gasteiger partial charge in [0.15, 0.2) is 0 Å². The molecule has 1 saturated carbocycles. The third kappa shape index (κ3) is 4.33. The molecule has 1 aliphatic heterocycles. The number of aryl methyl sites for hydroxylation is 1. The van der Waals surface area contributed by atoms with Crippen molar-refractivity contribution in [1.82, 2.24) is 29.7 Å². The number of carbonyl (C=O) groups is 1. The molecule has 9 heteroatoms. The molecule has 0 bridgehead atoms. The lowest BCUT2D eigenvalue weighted by Gasteiger charge is -2.21. The molecule has 0 radical (unpaired) electrons. The minimum atomic E-state index is 0.161. The van der Waals surface area contributed by atoms with Crippen LogP contribution in [0.4, 0.5) is 5.82 Å². The van der Waals surface area contributed by atoms with Crippen LogP contribution in [0, 0.1) is 35.0 Å². The molecule has 0 aromatic carbocycles. The van der Waals surface area contributed by atoms with E-state index in [0.29, 0.717) is 35.7 Å². The van der Waals surface area contributed by atoms with Crippen molar-refractivity contribution in [3.8, 4) is 28.3 Å². The zero-order chi connectivity index (χ0) is 25.7. The Morgan fingerprint density at radius 2 is 1.92 bits per heavy atom. The van der Waals surface area contributed by atoms with Crippen molar-refractivity contribution < 1.29 is 4.79 Å². The Bertz CT molecular complexity index is 1500. The molecule has 1 aliphatic carbocycles. The number of carbonyl (C=O) groups excluding carboxylic acids is 1. The second kappa shape index (κ2) is 9.04. The Hall–Kier alpha value is -4.19. The smallest absolute Gasteiger partial charge is 0.220 e. The van der Waals surface area contributed by atoms with Crippen molar-refractivity contribution in [1.29, 1.82) is 5.26 Å². The lowest BCUT2D eigenvalue weighted by Crippen LogP contribution is -2.31. The highest BCUT2D eigenvalue weighted by Gasteiger charge is 2.55. The van der Waals surface area contributed by atoms with Crippen LogP contribution < -0.4 is 10.2 Å². The number of pyridine rings is 2. The molecule has 2 atom stereocenters. The first-order valence-electron chi connectivity index (χ1n) is 12.8. The molecule has 5 heterocycles. The maximum Gasteiger partial charge on any atom is 0.220 e. The van der Waals surface area contributed by atoms with Gasteiger partial charge in [-0.25, -0.2) is 9.50 Å². The van der Waals surface area contributed by atoms with Crippen LogP contribution in [0.2, 0.25) is 0 Å². The fraction of sp³-hybridized carbons (Fsp3) is 0.393. The number of amides is 1. The van der Waals surface area contributed by atoms with Gasteiger partial charge in [0.1, 0.15) is 11.9 Å². The van der Waals surface area contributed by atoms with Crippen molar-refractivity contribution in [2.75, 3.05) is 24.5 Å². The van der Waals surface area contributed by atoms with E-state index in [1.165, 1.54) is 0 Å². The number of hydrogen-bond acceptors (Lipinski definition) is 6. The third-order valence-electron chi connectivity index (χ3n) is 7.65. The molecule has 9 nitrogen and oxygen atoms in total. The van der Waals surface area contributed by atoms with Crippen LogP contribution >= 0.6 is 0 Å². The molecule has 1 saturated heterocycles. The van der Waals surface area contributed by atoms with Gasteiger partial charge < -0.3 is 10.2 Å². The highest BCUT2D eigenvalue weighted by atomic mass is 16.1. The predicted molar refractivity (Wildman–Crippen MR) is 140 cm³/mol. The Labute approximate surface area is 215 Å². The molecule has 4 aromatic heterocycles. The van der Waals surface area contributed by atoms with Crippen LogP contribution in [-0.4, -0.2) is 49.9 Å². The number of piperidine rings is 1. The van der Waals surface area contributed by atoms with E-state index in [1.807, 2.05) is 31.8 Å². The van der Waals surface area contributed by atoms with Gasteiger partial charge in [-0.1, -0.05) is 13.8 Å².